The van der Waals surface area contributed by atoms with Crippen LogP contribution in [0, 0.1) is 11.8 Å². The van der Waals surface area contributed by atoms with E-state index >= 15 is 0 Å². The number of carbonyl (C=O) groups excluding carboxylic acids is 5. The standard InChI is InChI=1S/C29H20BrNO7/c1-2-37-28(36)15-11-13-16(14-12-15)31-26(34)21-22(27(31)35)29(38-23(21)19-9-5-6-10-20(19)30)24(32)17-7-3-4-8-18(17)25(29)33/h3-14,21-23H,2H2,1H3. The molecular formula is C29H20BrNO7. The number of ketones is 2. The second-order valence-corrected chi connectivity index (χ2v) is 10.1. The van der Waals surface area contributed by atoms with E-state index < -0.39 is 52.9 Å². The van der Waals surface area contributed by atoms with Crippen LogP contribution < -0.4 is 4.90 Å². The number of fused-ring (bicyclic) bond motifs is 3. The number of hydrogen-bond acceptors (Lipinski definition) is 7. The van der Waals surface area contributed by atoms with E-state index in [9.17, 15) is 24.0 Å². The monoisotopic (exact) mass is 573 g/mol. The molecule has 3 aromatic carbocycles. The number of esters is 1. The van der Waals surface area contributed by atoms with Crippen molar-refractivity contribution in [2.45, 2.75) is 18.6 Å². The first kappa shape index (κ1) is 24.4. The number of anilines is 1. The lowest BCUT2D eigenvalue weighted by Crippen LogP contribution is -2.51. The zero-order valence-corrected chi connectivity index (χ0v) is 21.6. The highest BCUT2D eigenvalue weighted by Gasteiger charge is 2.74. The van der Waals surface area contributed by atoms with Crippen LogP contribution >= 0.6 is 15.9 Å². The molecule has 2 saturated heterocycles. The largest absolute Gasteiger partial charge is 0.462 e. The lowest BCUT2D eigenvalue weighted by atomic mass is 9.77. The quantitative estimate of drug-likeness (QED) is 0.260. The average molecular weight is 574 g/mol. The number of benzene rings is 3. The average Bonchev–Trinajstić information content (AvgIpc) is 3.49. The maximum Gasteiger partial charge on any atom is 0.338 e. The molecule has 2 amide bonds. The van der Waals surface area contributed by atoms with E-state index in [1.165, 1.54) is 36.4 Å². The van der Waals surface area contributed by atoms with Crippen molar-refractivity contribution in [3.05, 3.63) is 99.5 Å². The number of imide groups is 1. The van der Waals surface area contributed by atoms with E-state index in [1.807, 2.05) is 0 Å². The number of Topliss-reactive ketones (excluding diaryl/α,β-unsaturated/α-hetero) is 2. The minimum absolute atomic E-state index is 0.168. The zero-order valence-electron chi connectivity index (χ0n) is 20.1. The summed E-state index contributed by atoms with van der Waals surface area (Å²) < 4.78 is 11.9. The van der Waals surface area contributed by atoms with Gasteiger partial charge < -0.3 is 9.47 Å². The molecule has 6 rings (SSSR count). The number of hydrogen-bond donors (Lipinski definition) is 0. The van der Waals surface area contributed by atoms with Gasteiger partial charge in [-0.1, -0.05) is 58.4 Å². The molecule has 0 aromatic heterocycles. The van der Waals surface area contributed by atoms with Gasteiger partial charge in [0.05, 0.1) is 35.8 Å². The van der Waals surface area contributed by atoms with Gasteiger partial charge in [0.25, 0.3) is 0 Å². The molecule has 3 atom stereocenters. The highest BCUT2D eigenvalue weighted by molar-refractivity contribution is 9.10. The second kappa shape index (κ2) is 8.82. The van der Waals surface area contributed by atoms with Crippen molar-refractivity contribution in [2.75, 3.05) is 11.5 Å². The SMILES string of the molecule is CCOC(=O)c1ccc(N2C(=O)C3C(c4ccccc4Br)OC4(C(=O)c5ccccc5C4=O)C3C2=O)cc1. The Labute approximate surface area is 225 Å². The molecule has 9 heteroatoms. The minimum atomic E-state index is -2.15. The molecule has 0 N–H and O–H groups in total. The molecule has 2 heterocycles. The first-order chi connectivity index (χ1) is 18.3. The molecule has 2 aliphatic heterocycles. The Morgan fingerprint density at radius 2 is 1.50 bits per heavy atom. The van der Waals surface area contributed by atoms with Crippen LogP contribution in [0.1, 0.15) is 49.7 Å². The zero-order chi connectivity index (χ0) is 26.8. The number of nitrogens with zero attached hydrogens (tertiary/aromatic N) is 1. The Morgan fingerprint density at radius 3 is 2.11 bits per heavy atom. The van der Waals surface area contributed by atoms with Crippen LogP contribution in [0.2, 0.25) is 0 Å². The molecule has 8 nitrogen and oxygen atoms in total. The van der Waals surface area contributed by atoms with Crippen LogP contribution in [0.5, 0.6) is 0 Å². The van der Waals surface area contributed by atoms with Gasteiger partial charge in [-0.2, -0.15) is 0 Å². The van der Waals surface area contributed by atoms with E-state index in [1.54, 1.807) is 43.3 Å². The maximum atomic E-state index is 14.0. The summed E-state index contributed by atoms with van der Waals surface area (Å²) in [5.74, 6) is -5.54. The summed E-state index contributed by atoms with van der Waals surface area (Å²) in [4.78, 5) is 68.6. The van der Waals surface area contributed by atoms with Crippen LogP contribution in [-0.2, 0) is 19.1 Å². The van der Waals surface area contributed by atoms with Gasteiger partial charge in [-0.15, -0.1) is 0 Å². The topological polar surface area (TPSA) is 107 Å². The molecule has 3 unspecified atom stereocenters. The van der Waals surface area contributed by atoms with Gasteiger partial charge in [0.15, 0.2) is 0 Å². The summed E-state index contributed by atoms with van der Waals surface area (Å²) in [5, 5.41) is 0. The number of ether oxygens (including phenoxy) is 2. The lowest BCUT2D eigenvalue weighted by Gasteiger charge is -2.27. The number of rotatable bonds is 4. The third-order valence-electron chi connectivity index (χ3n) is 7.37. The van der Waals surface area contributed by atoms with Crippen LogP contribution in [0.4, 0.5) is 5.69 Å². The Kier molecular flexibility index (Phi) is 5.66. The predicted molar refractivity (Wildman–Crippen MR) is 138 cm³/mol. The Hall–Kier alpha value is -3.95. The van der Waals surface area contributed by atoms with Crippen molar-refractivity contribution in [2.24, 2.45) is 11.8 Å². The summed E-state index contributed by atoms with van der Waals surface area (Å²) in [5.41, 5.74) is -0.781. The molecule has 0 bridgehead atoms. The third kappa shape index (κ3) is 3.21. The fourth-order valence-electron chi connectivity index (χ4n) is 5.72. The van der Waals surface area contributed by atoms with E-state index in [0.29, 0.717) is 10.0 Å². The van der Waals surface area contributed by atoms with E-state index in [0.717, 1.165) is 4.90 Å². The van der Waals surface area contributed by atoms with Crippen LogP contribution in [0.15, 0.2) is 77.3 Å². The van der Waals surface area contributed by atoms with E-state index in [4.69, 9.17) is 9.47 Å². The predicted octanol–water partition coefficient (Wildman–Crippen LogP) is 4.32. The van der Waals surface area contributed by atoms with Crippen molar-refractivity contribution in [3.63, 3.8) is 0 Å². The molecule has 0 radical (unpaired) electrons. The van der Waals surface area contributed by atoms with Gasteiger partial charge in [-0.3, -0.25) is 19.2 Å². The molecule has 3 aromatic rings. The number of halogens is 1. The molecule has 1 aliphatic carbocycles. The Morgan fingerprint density at radius 1 is 0.895 bits per heavy atom. The summed E-state index contributed by atoms with van der Waals surface area (Å²) in [6, 6.07) is 19.2. The minimum Gasteiger partial charge on any atom is -0.462 e. The van der Waals surface area contributed by atoms with Crippen molar-refractivity contribution < 1.29 is 33.4 Å². The first-order valence-corrected chi connectivity index (χ1v) is 12.9. The van der Waals surface area contributed by atoms with Crippen LogP contribution in [0.25, 0.3) is 0 Å². The van der Waals surface area contributed by atoms with Gasteiger partial charge in [0.1, 0.15) is 0 Å². The summed E-state index contributed by atoms with van der Waals surface area (Å²) in [7, 11) is 0. The Bertz CT molecular complexity index is 1510. The molecular weight excluding hydrogens is 554 g/mol. The summed E-state index contributed by atoms with van der Waals surface area (Å²) in [6.07, 6.45) is -1.03. The number of carbonyl (C=O) groups is 5. The summed E-state index contributed by atoms with van der Waals surface area (Å²) in [6.45, 7) is 1.89. The molecule has 0 saturated carbocycles. The second-order valence-electron chi connectivity index (χ2n) is 9.28. The molecule has 2 fully saturated rings. The summed E-state index contributed by atoms with van der Waals surface area (Å²) >= 11 is 3.48. The fourth-order valence-corrected chi connectivity index (χ4v) is 6.23. The van der Waals surface area contributed by atoms with Gasteiger partial charge >= 0.3 is 5.97 Å². The van der Waals surface area contributed by atoms with Gasteiger partial charge in [0, 0.05) is 15.6 Å². The molecule has 190 valence electrons. The van der Waals surface area contributed by atoms with Crippen molar-refractivity contribution in [1.29, 1.82) is 0 Å². The highest BCUT2D eigenvalue weighted by atomic mass is 79.9. The van der Waals surface area contributed by atoms with E-state index in [-0.39, 0.29) is 29.0 Å². The smallest absolute Gasteiger partial charge is 0.338 e. The van der Waals surface area contributed by atoms with Crippen molar-refractivity contribution >= 4 is 51.0 Å². The molecule has 3 aliphatic rings. The fraction of sp³-hybridized carbons (Fsp3) is 0.207. The lowest BCUT2D eigenvalue weighted by molar-refractivity contribution is -0.127. The van der Waals surface area contributed by atoms with Gasteiger partial charge in [-0.05, 0) is 42.8 Å². The van der Waals surface area contributed by atoms with Gasteiger partial charge in [-0.25, -0.2) is 9.69 Å². The van der Waals surface area contributed by atoms with Crippen molar-refractivity contribution in [3.8, 4) is 0 Å². The maximum absolute atomic E-state index is 14.0. The normalized spacial score (nSPS) is 23.2. The van der Waals surface area contributed by atoms with Crippen molar-refractivity contribution in [1.82, 2.24) is 0 Å². The molecule has 38 heavy (non-hydrogen) atoms. The van der Waals surface area contributed by atoms with Crippen LogP contribution in [-0.4, -0.2) is 41.6 Å². The highest BCUT2D eigenvalue weighted by Crippen LogP contribution is 2.58. The Balaban J connectivity index is 1.48. The first-order valence-electron chi connectivity index (χ1n) is 12.1. The van der Waals surface area contributed by atoms with E-state index in [2.05, 4.69) is 15.9 Å². The van der Waals surface area contributed by atoms with Gasteiger partial charge in [0.2, 0.25) is 29.0 Å². The molecule has 1 spiro atoms. The van der Waals surface area contributed by atoms with Crippen LogP contribution in [0.3, 0.4) is 0 Å². The number of amides is 2. The third-order valence-corrected chi connectivity index (χ3v) is 8.09.